The fourth-order valence-electron chi connectivity index (χ4n) is 0.930. The topological polar surface area (TPSA) is 0 Å². The number of benzene rings is 1. The Morgan fingerprint density at radius 3 is 2.50 bits per heavy atom. The Hall–Kier alpha value is -0.693. The van der Waals surface area contributed by atoms with Crippen molar-refractivity contribution in [3.8, 4) is 0 Å². The van der Waals surface area contributed by atoms with Crippen molar-refractivity contribution in [1.29, 1.82) is 0 Å². The molecule has 0 unspecified atom stereocenters. The van der Waals surface area contributed by atoms with Crippen molar-refractivity contribution in [2.24, 2.45) is 0 Å². The quantitative estimate of drug-likeness (QED) is 0.528. The summed E-state index contributed by atoms with van der Waals surface area (Å²) in [6.07, 6.45) is 0. The lowest BCUT2D eigenvalue weighted by Crippen LogP contribution is -1.89. The summed E-state index contributed by atoms with van der Waals surface area (Å²) in [6.45, 7) is 4.25. The maximum atomic E-state index is 3.36. The average Bonchev–Trinajstić information content (AvgIpc) is 1.95. The molecule has 10 heavy (non-hydrogen) atoms. The summed E-state index contributed by atoms with van der Waals surface area (Å²) >= 11 is 0. The average molecular weight is 146 g/mol. The molecule has 1 heteroatoms. The Morgan fingerprint density at radius 1 is 1.30 bits per heavy atom. The fourth-order valence-corrected chi connectivity index (χ4v) is 1.24. The van der Waals surface area contributed by atoms with Crippen LogP contribution in [0.5, 0.6) is 0 Å². The van der Waals surface area contributed by atoms with E-state index < -0.39 is 0 Å². The van der Waals surface area contributed by atoms with Crippen molar-refractivity contribution in [1.82, 2.24) is 0 Å². The highest BCUT2D eigenvalue weighted by Gasteiger charge is 1.93. The predicted molar refractivity (Wildman–Crippen MR) is 46.8 cm³/mol. The molecule has 2 radical (unpaired) electrons. The zero-order valence-electron chi connectivity index (χ0n) is 6.31. The van der Waals surface area contributed by atoms with Crippen LogP contribution in [0.4, 0.5) is 0 Å². The molecule has 0 N–H and O–H groups in total. The van der Waals surface area contributed by atoms with Gasteiger partial charge >= 0.3 is 0 Å². The lowest BCUT2D eigenvalue weighted by molar-refractivity contribution is 1.33. The van der Waals surface area contributed by atoms with Crippen molar-refractivity contribution >= 4 is 15.5 Å². The van der Waals surface area contributed by atoms with Crippen LogP contribution in [0.3, 0.4) is 0 Å². The zero-order chi connectivity index (χ0) is 7.56. The molecule has 0 fully saturated rings. The molecule has 0 heterocycles. The van der Waals surface area contributed by atoms with Crippen LogP contribution in [0.25, 0.3) is 0 Å². The lowest BCUT2D eigenvalue weighted by Gasteiger charge is -2.01. The summed E-state index contributed by atoms with van der Waals surface area (Å²) in [5.41, 5.74) is 5.89. The van der Waals surface area contributed by atoms with Gasteiger partial charge < -0.3 is 0 Å². The maximum Gasteiger partial charge on any atom is 0.0303 e. The molecule has 0 aliphatic carbocycles. The fraction of sp³-hybridized carbons (Fsp3) is 0.222. The van der Waals surface area contributed by atoms with E-state index >= 15 is 0 Å². The molecule has 1 rings (SSSR count). The Bertz CT molecular complexity index is 251. The van der Waals surface area contributed by atoms with Gasteiger partial charge in [-0.25, -0.2) is 0 Å². The van der Waals surface area contributed by atoms with E-state index in [9.17, 15) is 0 Å². The van der Waals surface area contributed by atoms with Gasteiger partial charge in [0.15, 0.2) is 0 Å². The van der Waals surface area contributed by atoms with Crippen LogP contribution in [0.1, 0.15) is 16.7 Å². The first-order valence-corrected chi connectivity index (χ1v) is 3.90. The van der Waals surface area contributed by atoms with Crippen LogP contribution in [-0.2, 0) is 0 Å². The van der Waals surface area contributed by atoms with E-state index in [4.69, 9.17) is 0 Å². The predicted octanol–water partition coefficient (Wildman–Crippen LogP) is 1.62. The van der Waals surface area contributed by atoms with Crippen molar-refractivity contribution in [2.75, 3.05) is 0 Å². The van der Waals surface area contributed by atoms with Crippen LogP contribution in [0.2, 0.25) is 0 Å². The van der Waals surface area contributed by atoms with Gasteiger partial charge in [0.2, 0.25) is 0 Å². The number of hydrogen-bond donors (Lipinski definition) is 0. The first-order valence-electron chi connectivity index (χ1n) is 3.32. The first-order chi connectivity index (χ1) is 4.75. The molecule has 0 saturated carbocycles. The smallest absolute Gasteiger partial charge is 0.0303 e. The third-order valence-electron chi connectivity index (χ3n) is 1.80. The van der Waals surface area contributed by atoms with E-state index in [-0.39, 0.29) is 0 Å². The standard InChI is InChI=1S/C9H10Si/c1-7-4-3-5-9(6-10)8(7)2/h3-6H,1-2H3. The summed E-state index contributed by atoms with van der Waals surface area (Å²) in [6, 6.07) is 6.28. The van der Waals surface area contributed by atoms with E-state index in [2.05, 4.69) is 41.9 Å². The van der Waals surface area contributed by atoms with Gasteiger partial charge in [-0.15, -0.1) is 0 Å². The lowest BCUT2D eigenvalue weighted by atomic mass is 10.1. The summed E-state index contributed by atoms with van der Waals surface area (Å²) in [5, 5.41) is 0. The van der Waals surface area contributed by atoms with Gasteiger partial charge in [-0.05, 0) is 30.5 Å². The molecular formula is C9H10Si. The summed E-state index contributed by atoms with van der Waals surface area (Å²) in [7, 11) is 3.36. The Morgan fingerprint density at radius 2 is 2.00 bits per heavy atom. The van der Waals surface area contributed by atoms with Crippen molar-refractivity contribution in [3.05, 3.63) is 34.9 Å². The normalized spacial score (nSPS) is 9.40. The molecule has 0 amide bonds. The monoisotopic (exact) mass is 146 g/mol. The van der Waals surface area contributed by atoms with Gasteiger partial charge in [-0.3, -0.25) is 0 Å². The third-order valence-corrected chi connectivity index (χ3v) is 2.11. The Labute approximate surface area is 64.9 Å². The zero-order valence-corrected chi connectivity index (χ0v) is 7.31. The molecule has 0 saturated heterocycles. The van der Waals surface area contributed by atoms with Gasteiger partial charge in [0.05, 0.1) is 0 Å². The minimum atomic E-state index is 1.26. The molecule has 0 aliphatic rings. The van der Waals surface area contributed by atoms with E-state index in [1.54, 1.807) is 0 Å². The van der Waals surface area contributed by atoms with Crippen LogP contribution in [-0.4, -0.2) is 15.5 Å². The Balaban J connectivity index is 3.27. The van der Waals surface area contributed by atoms with E-state index in [0.717, 1.165) is 0 Å². The first kappa shape index (κ1) is 7.41. The van der Waals surface area contributed by atoms with Crippen molar-refractivity contribution < 1.29 is 0 Å². The van der Waals surface area contributed by atoms with Gasteiger partial charge in [0, 0.05) is 9.85 Å². The molecule has 0 bridgehead atoms. The SMILES string of the molecule is Cc1cccc(C=[Si])c1C. The summed E-state index contributed by atoms with van der Waals surface area (Å²) in [4.78, 5) is 0. The van der Waals surface area contributed by atoms with Crippen molar-refractivity contribution in [3.63, 3.8) is 0 Å². The molecular weight excluding hydrogens is 136 g/mol. The van der Waals surface area contributed by atoms with Gasteiger partial charge in [-0.1, -0.05) is 23.9 Å². The second-order valence-electron chi connectivity index (χ2n) is 2.43. The molecule has 0 aromatic heterocycles. The highest BCUT2D eigenvalue weighted by atomic mass is 28.1. The summed E-state index contributed by atoms with van der Waals surface area (Å²) < 4.78 is 0. The highest BCUT2D eigenvalue weighted by molar-refractivity contribution is 6.33. The van der Waals surface area contributed by atoms with Crippen LogP contribution < -0.4 is 0 Å². The van der Waals surface area contributed by atoms with Crippen LogP contribution in [0.15, 0.2) is 18.2 Å². The molecule has 1 aromatic rings. The Kier molecular flexibility index (Phi) is 2.17. The number of aryl methyl sites for hydroxylation is 1. The molecule has 50 valence electrons. The number of rotatable bonds is 1. The second-order valence-corrected chi connectivity index (χ2v) is 2.72. The molecule has 1 aromatic carbocycles. The van der Waals surface area contributed by atoms with Gasteiger partial charge in [0.25, 0.3) is 0 Å². The van der Waals surface area contributed by atoms with E-state index in [1.807, 2.05) is 5.67 Å². The molecule has 0 spiro atoms. The summed E-state index contributed by atoms with van der Waals surface area (Å²) in [5.74, 6) is 0. The van der Waals surface area contributed by atoms with Crippen LogP contribution >= 0.6 is 0 Å². The largest absolute Gasteiger partial charge is 0.0734 e. The molecule has 0 nitrogen and oxygen atoms in total. The van der Waals surface area contributed by atoms with Gasteiger partial charge in [-0.2, -0.15) is 0 Å². The van der Waals surface area contributed by atoms with Gasteiger partial charge in [0.1, 0.15) is 0 Å². The number of hydrogen-bond acceptors (Lipinski definition) is 0. The maximum absolute atomic E-state index is 3.36. The highest BCUT2D eigenvalue weighted by Crippen LogP contribution is 2.09. The second kappa shape index (κ2) is 2.93. The van der Waals surface area contributed by atoms with E-state index in [1.165, 1.54) is 16.7 Å². The third kappa shape index (κ3) is 1.24. The molecule has 0 atom stereocenters. The van der Waals surface area contributed by atoms with Crippen LogP contribution in [0, 0.1) is 13.8 Å². The van der Waals surface area contributed by atoms with E-state index in [0.29, 0.717) is 0 Å². The minimum Gasteiger partial charge on any atom is -0.0734 e. The molecule has 0 aliphatic heterocycles. The minimum absolute atomic E-state index is 1.26. The van der Waals surface area contributed by atoms with Crippen molar-refractivity contribution in [2.45, 2.75) is 13.8 Å².